The summed E-state index contributed by atoms with van der Waals surface area (Å²) >= 11 is 0. The van der Waals surface area contributed by atoms with Gasteiger partial charge in [0.15, 0.2) is 34.5 Å². The Balaban J connectivity index is 0.825. The van der Waals surface area contributed by atoms with Gasteiger partial charge in [-0.15, -0.1) is 0 Å². The van der Waals surface area contributed by atoms with Crippen LogP contribution in [0.2, 0.25) is 0 Å². The largest absolute Gasteiger partial charge is 0.508 e. The van der Waals surface area contributed by atoms with Gasteiger partial charge in [-0.1, -0.05) is 48.5 Å². The van der Waals surface area contributed by atoms with E-state index in [4.69, 9.17) is 56.8 Å². The first-order valence-corrected chi connectivity index (χ1v) is 24.7. The highest BCUT2D eigenvalue weighted by molar-refractivity contribution is 5.91. The first-order valence-electron chi connectivity index (χ1n) is 24.7. The molecule has 3 aliphatic heterocycles. The van der Waals surface area contributed by atoms with Crippen LogP contribution in [-0.4, -0.2) is 117 Å². The zero-order chi connectivity index (χ0) is 54.0. The second kappa shape index (κ2) is 24.2. The van der Waals surface area contributed by atoms with Gasteiger partial charge in [0.1, 0.15) is 81.0 Å². The van der Waals surface area contributed by atoms with Crippen molar-refractivity contribution in [3.63, 3.8) is 0 Å². The lowest BCUT2D eigenvalue weighted by atomic mass is 9.73. The molecule has 7 aromatic rings. The van der Waals surface area contributed by atoms with Crippen molar-refractivity contribution in [2.24, 2.45) is 0 Å². The maximum absolute atomic E-state index is 12.7. The standard InChI is InChI=1S/C59H52O19/c60-42-12-1-35(2-13-42)55(36-3-14-46(15-4-36)67-26-43(61)29-70-57(64)39-9-20-49-52(23-39)76-32-73-49)56(37-5-16-47(17-6-37)68-27-44(62)30-71-58(65)40-10-21-50-53(24-40)77-33-74-50)38-7-18-48(19-8-38)69-28-45(63)31-72-59(66)41-11-22-51-54(25-41)78-34-75-51/h1-25,43-45,55-56,60-63H,26-34H2. The molecule has 0 radical (unpaired) electrons. The Labute approximate surface area is 446 Å². The van der Waals surface area contributed by atoms with Crippen LogP contribution in [0.15, 0.2) is 152 Å². The van der Waals surface area contributed by atoms with Crippen LogP contribution in [0.4, 0.5) is 0 Å². The molecule has 78 heavy (non-hydrogen) atoms. The molecule has 0 bridgehead atoms. The van der Waals surface area contributed by atoms with Gasteiger partial charge in [-0.2, -0.15) is 0 Å². The van der Waals surface area contributed by atoms with Crippen LogP contribution in [0.25, 0.3) is 0 Å². The molecule has 19 heteroatoms. The highest BCUT2D eigenvalue weighted by Crippen LogP contribution is 2.45. The maximum Gasteiger partial charge on any atom is 0.338 e. The molecule has 4 N–H and O–H groups in total. The topological polar surface area (TPSA) is 243 Å². The van der Waals surface area contributed by atoms with Crippen molar-refractivity contribution in [3.8, 4) is 57.5 Å². The molecule has 0 saturated heterocycles. The van der Waals surface area contributed by atoms with Gasteiger partial charge < -0.3 is 77.3 Å². The average Bonchev–Trinajstić information content (AvgIpc) is 4.34. The van der Waals surface area contributed by atoms with E-state index in [0.29, 0.717) is 51.7 Å². The Morgan fingerprint density at radius 2 is 0.628 bits per heavy atom. The van der Waals surface area contributed by atoms with E-state index < -0.39 is 48.1 Å². The van der Waals surface area contributed by atoms with Gasteiger partial charge in [0.25, 0.3) is 0 Å². The molecule has 0 fully saturated rings. The third kappa shape index (κ3) is 12.9. The SMILES string of the molecule is O=C(OCC(O)COc1ccc(C(c2ccc(O)cc2)C(c2ccc(OCC(O)COC(=O)c3ccc4c(c3)OCO4)cc2)c2ccc(OCC(O)COC(=O)c3ccc4c(c3)OCO4)cc2)cc1)c1ccc2c(c1)OCO2. The minimum absolute atomic E-state index is 0.0591. The Kier molecular flexibility index (Phi) is 16.2. The summed E-state index contributed by atoms with van der Waals surface area (Å²) in [6.45, 7) is -1.31. The number of carbonyl (C=O) groups is 3. The minimum atomic E-state index is -1.15. The Hall–Kier alpha value is -9.17. The van der Waals surface area contributed by atoms with Gasteiger partial charge >= 0.3 is 17.9 Å². The van der Waals surface area contributed by atoms with Gasteiger partial charge in [-0.3, -0.25) is 0 Å². The lowest BCUT2D eigenvalue weighted by Crippen LogP contribution is -2.25. The molecule has 0 saturated carbocycles. The van der Waals surface area contributed by atoms with Crippen molar-refractivity contribution >= 4 is 17.9 Å². The Morgan fingerprint density at radius 1 is 0.359 bits per heavy atom. The summed E-state index contributed by atoms with van der Waals surface area (Å²) in [5.74, 6) is 1.53. The summed E-state index contributed by atoms with van der Waals surface area (Å²) < 4.78 is 65.8. The first kappa shape index (κ1) is 52.3. The molecule has 10 rings (SSSR count). The summed E-state index contributed by atoms with van der Waals surface area (Å²) in [6, 6.07) is 43.0. The smallest absolute Gasteiger partial charge is 0.338 e. The van der Waals surface area contributed by atoms with Gasteiger partial charge in [-0.25, -0.2) is 14.4 Å². The number of aromatic hydroxyl groups is 1. The van der Waals surface area contributed by atoms with Crippen LogP contribution in [0.1, 0.15) is 65.2 Å². The van der Waals surface area contributed by atoms with Gasteiger partial charge in [0.05, 0.1) is 16.7 Å². The molecule has 4 atom stereocenters. The number of phenols is 1. The van der Waals surface area contributed by atoms with E-state index in [0.717, 1.165) is 22.3 Å². The number of fused-ring (bicyclic) bond motifs is 3. The molecule has 402 valence electrons. The Bertz CT molecular complexity index is 3070. The van der Waals surface area contributed by atoms with Crippen LogP contribution in [-0.2, 0) is 14.2 Å². The van der Waals surface area contributed by atoms with Crippen molar-refractivity contribution in [2.75, 3.05) is 60.0 Å². The summed E-state index contributed by atoms with van der Waals surface area (Å²) in [7, 11) is 0. The maximum atomic E-state index is 12.7. The first-order chi connectivity index (χ1) is 38.0. The number of hydrogen-bond donors (Lipinski definition) is 4. The number of aliphatic hydroxyl groups is 3. The number of esters is 3. The lowest BCUT2D eigenvalue weighted by molar-refractivity contribution is 0.0127. The van der Waals surface area contributed by atoms with E-state index >= 15 is 0 Å². The molecule has 0 aromatic heterocycles. The van der Waals surface area contributed by atoms with E-state index in [-0.39, 0.29) is 82.5 Å². The zero-order valence-electron chi connectivity index (χ0n) is 41.6. The predicted octanol–water partition coefficient (Wildman–Crippen LogP) is 7.33. The van der Waals surface area contributed by atoms with E-state index in [1.807, 2.05) is 48.5 Å². The molecule has 0 spiro atoms. The third-order valence-corrected chi connectivity index (χ3v) is 12.7. The predicted molar refractivity (Wildman–Crippen MR) is 274 cm³/mol. The van der Waals surface area contributed by atoms with Gasteiger partial charge in [-0.05, 0) is 125 Å². The van der Waals surface area contributed by atoms with E-state index in [2.05, 4.69) is 0 Å². The number of ether oxygens (including phenoxy) is 12. The van der Waals surface area contributed by atoms with Crippen molar-refractivity contribution < 1.29 is 91.7 Å². The fourth-order valence-electron chi connectivity index (χ4n) is 8.71. The molecule has 4 unspecified atom stereocenters. The van der Waals surface area contributed by atoms with Crippen LogP contribution < -0.4 is 42.6 Å². The number of carbonyl (C=O) groups excluding carboxylic acids is 3. The molecule has 19 nitrogen and oxygen atoms in total. The van der Waals surface area contributed by atoms with Crippen LogP contribution >= 0.6 is 0 Å². The fourth-order valence-corrected chi connectivity index (χ4v) is 8.71. The van der Waals surface area contributed by atoms with Gasteiger partial charge in [0, 0.05) is 11.8 Å². The minimum Gasteiger partial charge on any atom is -0.508 e. The molecule has 3 heterocycles. The van der Waals surface area contributed by atoms with Crippen LogP contribution in [0.3, 0.4) is 0 Å². The van der Waals surface area contributed by atoms with E-state index in [9.17, 15) is 34.8 Å². The van der Waals surface area contributed by atoms with Gasteiger partial charge in [0.2, 0.25) is 20.4 Å². The Morgan fingerprint density at radius 3 is 0.923 bits per heavy atom. The van der Waals surface area contributed by atoms with Crippen molar-refractivity contribution in [3.05, 3.63) is 191 Å². The molecular weight excluding hydrogens is 1010 g/mol. The second-order valence-electron chi connectivity index (χ2n) is 18.1. The molecule has 0 amide bonds. The molecule has 3 aliphatic rings. The zero-order valence-corrected chi connectivity index (χ0v) is 41.6. The van der Waals surface area contributed by atoms with Crippen molar-refractivity contribution in [1.82, 2.24) is 0 Å². The van der Waals surface area contributed by atoms with E-state index in [1.165, 1.54) is 18.2 Å². The monoisotopic (exact) mass is 1060 g/mol. The number of aliphatic hydroxyl groups excluding tert-OH is 3. The molecule has 7 aromatic carbocycles. The summed E-state index contributed by atoms with van der Waals surface area (Å²) in [5, 5.41) is 42.6. The van der Waals surface area contributed by atoms with E-state index in [1.54, 1.807) is 84.9 Å². The average molecular weight is 1070 g/mol. The highest BCUT2D eigenvalue weighted by Gasteiger charge is 2.30. The summed E-state index contributed by atoms with van der Waals surface area (Å²) in [4.78, 5) is 38.2. The van der Waals surface area contributed by atoms with Crippen molar-refractivity contribution in [2.45, 2.75) is 30.1 Å². The number of rotatable bonds is 23. The quantitative estimate of drug-likeness (QED) is 0.0362. The number of hydrogen-bond acceptors (Lipinski definition) is 19. The molecule has 0 aliphatic carbocycles. The third-order valence-electron chi connectivity index (χ3n) is 12.7. The normalized spacial score (nSPS) is 14.6. The molecular formula is C59H52O19. The fraction of sp³-hybridized carbons (Fsp3) is 0.237. The highest BCUT2D eigenvalue weighted by atomic mass is 16.7. The summed E-state index contributed by atoms with van der Waals surface area (Å²) in [5.41, 5.74) is 4.15. The number of benzene rings is 7. The second-order valence-corrected chi connectivity index (χ2v) is 18.1. The van der Waals surface area contributed by atoms with Crippen LogP contribution in [0.5, 0.6) is 57.5 Å². The van der Waals surface area contributed by atoms with Crippen LogP contribution in [0, 0.1) is 0 Å². The lowest BCUT2D eigenvalue weighted by Gasteiger charge is -2.30. The number of phenolic OH excluding ortho intramolecular Hbond substituents is 1. The van der Waals surface area contributed by atoms with Crippen molar-refractivity contribution in [1.29, 1.82) is 0 Å². The summed E-state index contributed by atoms with van der Waals surface area (Å²) in [6.07, 6.45) is -3.43.